The first-order valence-corrected chi connectivity index (χ1v) is 5.85. The molecule has 6 nitrogen and oxygen atoms in total. The quantitative estimate of drug-likeness (QED) is 0.492. The van der Waals surface area contributed by atoms with Crippen molar-refractivity contribution in [2.75, 3.05) is 0 Å². The van der Waals surface area contributed by atoms with Gasteiger partial charge < -0.3 is 0 Å². The average molecular weight is 302 g/mol. The average Bonchev–Trinajstić information content (AvgIpc) is 2.39. The van der Waals surface area contributed by atoms with Gasteiger partial charge in [0.25, 0.3) is 0 Å². The standard InChI is InChI=1S/C10H5F3N4O2S/c11-10(12,13)6-1-2-8(14-3-6)20-9-15-4-7(5-16-9)17(18)19/h1-5H. The summed E-state index contributed by atoms with van der Waals surface area (Å²) in [7, 11) is 0. The van der Waals surface area contributed by atoms with Crippen molar-refractivity contribution in [3.05, 3.63) is 46.4 Å². The Morgan fingerprint density at radius 3 is 2.20 bits per heavy atom. The summed E-state index contributed by atoms with van der Waals surface area (Å²) in [5.74, 6) is 0. The van der Waals surface area contributed by atoms with Crippen LogP contribution in [0.5, 0.6) is 0 Å². The molecule has 0 aliphatic rings. The summed E-state index contributed by atoms with van der Waals surface area (Å²) in [6.07, 6.45) is -1.72. The number of hydrogen-bond acceptors (Lipinski definition) is 6. The minimum Gasteiger partial charge on any atom is -0.258 e. The van der Waals surface area contributed by atoms with Crippen LogP contribution >= 0.6 is 11.8 Å². The van der Waals surface area contributed by atoms with Crippen molar-refractivity contribution in [3.63, 3.8) is 0 Å². The smallest absolute Gasteiger partial charge is 0.258 e. The lowest BCUT2D eigenvalue weighted by Gasteiger charge is -2.05. The van der Waals surface area contributed by atoms with E-state index in [0.29, 0.717) is 6.20 Å². The number of rotatable bonds is 3. The van der Waals surface area contributed by atoms with Gasteiger partial charge in [-0.15, -0.1) is 0 Å². The van der Waals surface area contributed by atoms with Crippen LogP contribution < -0.4 is 0 Å². The fraction of sp³-hybridized carbons (Fsp3) is 0.100. The Balaban J connectivity index is 2.12. The van der Waals surface area contributed by atoms with Crippen molar-refractivity contribution in [2.45, 2.75) is 16.4 Å². The van der Waals surface area contributed by atoms with E-state index in [4.69, 9.17) is 0 Å². The zero-order valence-electron chi connectivity index (χ0n) is 9.53. The fourth-order valence-electron chi connectivity index (χ4n) is 1.16. The molecular formula is C10H5F3N4O2S. The monoisotopic (exact) mass is 302 g/mol. The third-order valence-corrected chi connectivity index (χ3v) is 2.93. The second kappa shape index (κ2) is 5.41. The number of nitrogens with zero attached hydrogens (tertiary/aromatic N) is 4. The number of alkyl halides is 3. The minimum absolute atomic E-state index is 0.155. The molecule has 20 heavy (non-hydrogen) atoms. The Bertz CT molecular complexity index is 616. The zero-order chi connectivity index (χ0) is 14.8. The third kappa shape index (κ3) is 3.41. The molecule has 0 aromatic carbocycles. The molecule has 0 amide bonds. The molecule has 0 saturated heterocycles. The molecule has 104 valence electrons. The Morgan fingerprint density at radius 1 is 1.10 bits per heavy atom. The maximum absolute atomic E-state index is 12.3. The maximum atomic E-state index is 12.3. The predicted octanol–water partition coefficient (Wildman–Crippen LogP) is 2.95. The normalized spacial score (nSPS) is 11.3. The van der Waals surface area contributed by atoms with Gasteiger partial charge in [-0.05, 0) is 23.9 Å². The molecule has 2 heterocycles. The van der Waals surface area contributed by atoms with Gasteiger partial charge in [-0.1, -0.05) is 0 Å². The molecule has 10 heteroatoms. The van der Waals surface area contributed by atoms with E-state index in [1.54, 1.807) is 0 Å². The van der Waals surface area contributed by atoms with Crippen LogP contribution in [0, 0.1) is 10.1 Å². The molecule has 2 aromatic heterocycles. The number of hydrogen-bond donors (Lipinski definition) is 0. The van der Waals surface area contributed by atoms with Crippen molar-refractivity contribution >= 4 is 17.4 Å². The predicted molar refractivity (Wildman–Crippen MR) is 62.0 cm³/mol. The molecular weight excluding hydrogens is 297 g/mol. The van der Waals surface area contributed by atoms with Gasteiger partial charge in [0.05, 0.1) is 10.5 Å². The van der Waals surface area contributed by atoms with Crippen LogP contribution in [0.1, 0.15) is 5.56 Å². The fourth-order valence-corrected chi connectivity index (χ4v) is 1.80. The van der Waals surface area contributed by atoms with Crippen molar-refractivity contribution in [3.8, 4) is 0 Å². The van der Waals surface area contributed by atoms with Crippen LogP contribution in [-0.4, -0.2) is 19.9 Å². The van der Waals surface area contributed by atoms with Crippen LogP contribution in [-0.2, 0) is 6.18 Å². The summed E-state index contributed by atoms with van der Waals surface area (Å²) in [6.45, 7) is 0. The number of halogens is 3. The SMILES string of the molecule is O=[N+]([O-])c1cnc(Sc2ccc(C(F)(F)F)cn2)nc1. The van der Waals surface area contributed by atoms with Crippen LogP contribution in [0.15, 0.2) is 40.9 Å². The van der Waals surface area contributed by atoms with Gasteiger partial charge in [-0.2, -0.15) is 13.2 Å². The molecule has 2 aromatic rings. The lowest BCUT2D eigenvalue weighted by Crippen LogP contribution is -2.05. The van der Waals surface area contributed by atoms with E-state index in [1.807, 2.05) is 0 Å². The van der Waals surface area contributed by atoms with E-state index < -0.39 is 16.7 Å². The first-order chi connectivity index (χ1) is 9.36. The summed E-state index contributed by atoms with van der Waals surface area (Å²) in [6, 6.07) is 2.07. The highest BCUT2D eigenvalue weighted by Gasteiger charge is 2.30. The molecule has 0 aliphatic heterocycles. The van der Waals surface area contributed by atoms with Crippen molar-refractivity contribution < 1.29 is 18.1 Å². The summed E-state index contributed by atoms with van der Waals surface area (Å²) in [5, 5.41) is 10.8. The Morgan fingerprint density at radius 2 is 1.75 bits per heavy atom. The van der Waals surface area contributed by atoms with E-state index in [9.17, 15) is 23.3 Å². The highest BCUT2D eigenvalue weighted by molar-refractivity contribution is 7.99. The van der Waals surface area contributed by atoms with Crippen molar-refractivity contribution in [1.82, 2.24) is 15.0 Å². The molecule has 0 fully saturated rings. The number of pyridine rings is 1. The number of nitro groups is 1. The van der Waals surface area contributed by atoms with Crippen molar-refractivity contribution in [1.29, 1.82) is 0 Å². The minimum atomic E-state index is -4.44. The third-order valence-electron chi connectivity index (χ3n) is 2.08. The molecule has 0 aliphatic carbocycles. The molecule has 0 unspecified atom stereocenters. The first-order valence-electron chi connectivity index (χ1n) is 5.04. The van der Waals surface area contributed by atoms with Gasteiger partial charge in [-0.25, -0.2) is 15.0 Å². The van der Waals surface area contributed by atoms with Crippen molar-refractivity contribution in [2.24, 2.45) is 0 Å². The Kier molecular flexibility index (Phi) is 3.84. The van der Waals surface area contributed by atoms with Crippen LogP contribution in [0.4, 0.5) is 18.9 Å². The van der Waals surface area contributed by atoms with E-state index in [1.165, 1.54) is 6.07 Å². The van der Waals surface area contributed by atoms with Gasteiger partial charge in [0, 0.05) is 6.20 Å². The van der Waals surface area contributed by atoms with Crippen LogP contribution in [0.25, 0.3) is 0 Å². The van der Waals surface area contributed by atoms with E-state index in [2.05, 4.69) is 15.0 Å². The molecule has 0 N–H and O–H groups in total. The summed E-state index contributed by atoms with van der Waals surface area (Å²) < 4.78 is 37.0. The largest absolute Gasteiger partial charge is 0.417 e. The molecule has 0 bridgehead atoms. The molecule has 0 saturated carbocycles. The first kappa shape index (κ1) is 14.2. The van der Waals surface area contributed by atoms with Crippen LogP contribution in [0.2, 0.25) is 0 Å². The van der Waals surface area contributed by atoms with Gasteiger partial charge in [0.2, 0.25) is 0 Å². The summed E-state index contributed by atoms with van der Waals surface area (Å²) in [5.41, 5.74) is -1.12. The Labute approximate surface area is 114 Å². The summed E-state index contributed by atoms with van der Waals surface area (Å²) in [4.78, 5) is 20.8. The second-order valence-corrected chi connectivity index (χ2v) is 4.45. The topological polar surface area (TPSA) is 81.8 Å². The number of aromatic nitrogens is 3. The second-order valence-electron chi connectivity index (χ2n) is 3.47. The van der Waals surface area contributed by atoms with Gasteiger partial charge >= 0.3 is 11.9 Å². The highest BCUT2D eigenvalue weighted by Crippen LogP contribution is 2.30. The maximum Gasteiger partial charge on any atom is 0.417 e. The van der Waals surface area contributed by atoms with Gasteiger partial charge in [0.15, 0.2) is 5.16 Å². The summed E-state index contributed by atoms with van der Waals surface area (Å²) >= 11 is 0.904. The van der Waals surface area contributed by atoms with E-state index >= 15 is 0 Å². The van der Waals surface area contributed by atoms with E-state index in [-0.39, 0.29) is 15.9 Å². The van der Waals surface area contributed by atoms with Crippen LogP contribution in [0.3, 0.4) is 0 Å². The lowest BCUT2D eigenvalue weighted by atomic mass is 10.3. The van der Waals surface area contributed by atoms with Gasteiger partial charge in [0.1, 0.15) is 17.4 Å². The Hall–Kier alpha value is -2.23. The molecule has 2 rings (SSSR count). The lowest BCUT2D eigenvalue weighted by molar-refractivity contribution is -0.385. The molecule has 0 radical (unpaired) electrons. The molecule has 0 spiro atoms. The highest BCUT2D eigenvalue weighted by atomic mass is 32.2. The van der Waals surface area contributed by atoms with E-state index in [0.717, 1.165) is 30.2 Å². The zero-order valence-corrected chi connectivity index (χ0v) is 10.4. The molecule has 0 atom stereocenters. The van der Waals surface area contributed by atoms with Gasteiger partial charge in [-0.3, -0.25) is 10.1 Å².